The molecule has 5 atom stereocenters. The molecule has 2 bridgehead atoms. The van der Waals surface area contributed by atoms with Crippen molar-refractivity contribution < 1.29 is 14.2 Å². The zero-order chi connectivity index (χ0) is 14.6. The Labute approximate surface area is 125 Å². The van der Waals surface area contributed by atoms with Gasteiger partial charge in [-0.15, -0.1) is 0 Å². The largest absolute Gasteiger partial charge is 0.454 e. The molecule has 3 nitrogen and oxygen atoms in total. The zero-order valence-corrected chi connectivity index (χ0v) is 12.8. The van der Waals surface area contributed by atoms with Gasteiger partial charge in [-0.2, -0.15) is 0 Å². The highest BCUT2D eigenvalue weighted by Crippen LogP contribution is 2.50. The minimum Gasteiger partial charge on any atom is -0.454 e. The fraction of sp³-hybridized carbons (Fsp3) is 0.556. The monoisotopic (exact) mass is 286 g/mol. The van der Waals surface area contributed by atoms with Crippen LogP contribution in [0.2, 0.25) is 0 Å². The summed E-state index contributed by atoms with van der Waals surface area (Å²) in [4.78, 5) is 0. The molecule has 1 saturated heterocycles. The fourth-order valence-corrected chi connectivity index (χ4v) is 4.34. The first-order valence-electron chi connectivity index (χ1n) is 7.84. The van der Waals surface area contributed by atoms with Crippen molar-refractivity contribution in [3.05, 3.63) is 35.4 Å². The van der Waals surface area contributed by atoms with E-state index in [1.807, 2.05) is 6.07 Å². The molecule has 0 unspecified atom stereocenters. The average Bonchev–Trinajstić information content (AvgIpc) is 2.91. The van der Waals surface area contributed by atoms with Gasteiger partial charge < -0.3 is 14.2 Å². The van der Waals surface area contributed by atoms with Crippen molar-refractivity contribution in [3.8, 4) is 11.5 Å². The van der Waals surface area contributed by atoms with Crippen LogP contribution in [0.5, 0.6) is 11.5 Å². The summed E-state index contributed by atoms with van der Waals surface area (Å²) >= 11 is 0. The van der Waals surface area contributed by atoms with E-state index < -0.39 is 0 Å². The molecule has 1 fully saturated rings. The van der Waals surface area contributed by atoms with E-state index in [9.17, 15) is 0 Å². The van der Waals surface area contributed by atoms with Crippen LogP contribution in [-0.2, 0) is 4.74 Å². The lowest BCUT2D eigenvalue weighted by Gasteiger charge is -2.47. The summed E-state index contributed by atoms with van der Waals surface area (Å²) in [7, 11) is 0. The Kier molecular flexibility index (Phi) is 3.00. The molecule has 0 aromatic heterocycles. The van der Waals surface area contributed by atoms with Gasteiger partial charge in [0.2, 0.25) is 6.79 Å². The first-order valence-corrected chi connectivity index (χ1v) is 7.84. The minimum absolute atomic E-state index is 0.134. The lowest BCUT2D eigenvalue weighted by molar-refractivity contribution is -0.0934. The smallest absolute Gasteiger partial charge is 0.231 e. The van der Waals surface area contributed by atoms with Crippen molar-refractivity contribution in [2.24, 2.45) is 23.7 Å². The molecule has 0 spiro atoms. The van der Waals surface area contributed by atoms with Crippen LogP contribution in [0, 0.1) is 23.7 Å². The Bertz CT molecular complexity index is 592. The van der Waals surface area contributed by atoms with Crippen LogP contribution < -0.4 is 9.47 Å². The molecule has 1 aliphatic carbocycles. The van der Waals surface area contributed by atoms with Gasteiger partial charge in [-0.25, -0.2) is 0 Å². The van der Waals surface area contributed by atoms with Crippen molar-refractivity contribution in [3.63, 3.8) is 0 Å². The highest BCUT2D eigenvalue weighted by molar-refractivity contribution is 5.45. The Balaban J connectivity index is 1.71. The number of hydrogen-bond acceptors (Lipinski definition) is 3. The highest BCUT2D eigenvalue weighted by atomic mass is 16.7. The molecule has 2 aliphatic heterocycles. The van der Waals surface area contributed by atoms with Gasteiger partial charge in [-0.1, -0.05) is 31.6 Å². The second-order valence-corrected chi connectivity index (χ2v) is 6.69. The van der Waals surface area contributed by atoms with E-state index in [-0.39, 0.29) is 6.10 Å². The molecule has 0 radical (unpaired) electrons. The molecule has 0 saturated carbocycles. The SMILES string of the molecule is CC1=C[C@H](C)[C@H]2CO[C@H](c3ccc4c(c3)OCO4)[C@@H]1[C@@H]2C. The maximum absolute atomic E-state index is 6.26. The van der Waals surface area contributed by atoms with Gasteiger partial charge in [0.1, 0.15) is 0 Å². The number of fused-ring (bicyclic) bond motifs is 3. The summed E-state index contributed by atoms with van der Waals surface area (Å²) in [5.74, 6) is 4.08. The van der Waals surface area contributed by atoms with E-state index in [1.165, 1.54) is 11.1 Å². The standard InChI is InChI=1S/C18H22O3/c1-10-6-11(2)17-12(3)14(10)8-19-18(17)13-4-5-15-16(7-13)21-9-20-15/h4-7,10,12,14,17-18H,8-9H2,1-3H3/t10-,12+,14+,17-,18+/m0/s1. The van der Waals surface area contributed by atoms with Crippen LogP contribution >= 0.6 is 0 Å². The molecule has 112 valence electrons. The van der Waals surface area contributed by atoms with Crippen molar-refractivity contribution in [1.29, 1.82) is 0 Å². The zero-order valence-electron chi connectivity index (χ0n) is 12.8. The third kappa shape index (κ3) is 1.98. The van der Waals surface area contributed by atoms with Gasteiger partial charge in [0.15, 0.2) is 11.5 Å². The quantitative estimate of drug-likeness (QED) is 0.732. The van der Waals surface area contributed by atoms with Crippen LogP contribution in [0.1, 0.15) is 32.4 Å². The predicted molar refractivity (Wildman–Crippen MR) is 80.3 cm³/mol. The van der Waals surface area contributed by atoms with E-state index in [0.29, 0.717) is 30.5 Å². The van der Waals surface area contributed by atoms with E-state index in [4.69, 9.17) is 14.2 Å². The molecule has 0 amide bonds. The minimum atomic E-state index is 0.134. The second kappa shape index (κ2) is 4.77. The molecule has 1 aromatic carbocycles. The Hall–Kier alpha value is -1.48. The second-order valence-electron chi connectivity index (χ2n) is 6.69. The molecule has 4 rings (SSSR count). The number of benzene rings is 1. The summed E-state index contributed by atoms with van der Waals surface area (Å²) in [6.07, 6.45) is 2.58. The molecule has 3 aliphatic rings. The first kappa shape index (κ1) is 13.2. The van der Waals surface area contributed by atoms with Crippen molar-refractivity contribution in [2.75, 3.05) is 13.4 Å². The highest BCUT2D eigenvalue weighted by Gasteiger charge is 2.43. The third-order valence-electron chi connectivity index (χ3n) is 5.49. The predicted octanol–water partition coefficient (Wildman–Crippen LogP) is 3.95. The van der Waals surface area contributed by atoms with Crippen LogP contribution in [0.25, 0.3) is 0 Å². The van der Waals surface area contributed by atoms with Gasteiger partial charge in [0.25, 0.3) is 0 Å². The summed E-state index contributed by atoms with van der Waals surface area (Å²) in [6, 6.07) is 6.21. The van der Waals surface area contributed by atoms with Gasteiger partial charge in [-0.05, 0) is 42.4 Å². The first-order chi connectivity index (χ1) is 10.1. The summed E-state index contributed by atoms with van der Waals surface area (Å²) in [5, 5.41) is 0. The number of hydrogen-bond donors (Lipinski definition) is 0. The third-order valence-corrected chi connectivity index (χ3v) is 5.49. The molecule has 1 aromatic rings. The molecular weight excluding hydrogens is 264 g/mol. The maximum Gasteiger partial charge on any atom is 0.231 e. The van der Waals surface area contributed by atoms with E-state index in [0.717, 1.165) is 18.1 Å². The number of allylic oxidation sites excluding steroid dienone is 1. The normalized spacial score (nSPS) is 37.3. The van der Waals surface area contributed by atoms with E-state index >= 15 is 0 Å². The lowest BCUT2D eigenvalue weighted by Crippen LogP contribution is -2.42. The van der Waals surface area contributed by atoms with Crippen molar-refractivity contribution in [2.45, 2.75) is 26.9 Å². The summed E-state index contributed by atoms with van der Waals surface area (Å²) in [5.41, 5.74) is 2.67. The average molecular weight is 286 g/mol. The van der Waals surface area contributed by atoms with E-state index in [2.05, 4.69) is 39.0 Å². The number of rotatable bonds is 1. The van der Waals surface area contributed by atoms with Crippen molar-refractivity contribution >= 4 is 0 Å². The molecule has 3 heteroatoms. The van der Waals surface area contributed by atoms with E-state index in [1.54, 1.807) is 0 Å². The van der Waals surface area contributed by atoms with Gasteiger partial charge >= 0.3 is 0 Å². The number of ether oxygens (including phenoxy) is 3. The topological polar surface area (TPSA) is 27.7 Å². The van der Waals surface area contributed by atoms with Gasteiger partial charge in [-0.3, -0.25) is 0 Å². The molecule has 0 N–H and O–H groups in total. The van der Waals surface area contributed by atoms with Crippen LogP contribution in [0.3, 0.4) is 0 Å². The van der Waals surface area contributed by atoms with Gasteiger partial charge in [0, 0.05) is 5.92 Å². The maximum atomic E-state index is 6.26. The summed E-state index contributed by atoms with van der Waals surface area (Å²) in [6.45, 7) is 8.11. The van der Waals surface area contributed by atoms with Gasteiger partial charge in [0.05, 0.1) is 12.7 Å². The Morgan fingerprint density at radius 1 is 1.10 bits per heavy atom. The molecular formula is C18H22O3. The Morgan fingerprint density at radius 2 is 1.90 bits per heavy atom. The van der Waals surface area contributed by atoms with Crippen molar-refractivity contribution in [1.82, 2.24) is 0 Å². The fourth-order valence-electron chi connectivity index (χ4n) is 4.34. The molecule has 21 heavy (non-hydrogen) atoms. The van der Waals surface area contributed by atoms with Crippen LogP contribution in [0.4, 0.5) is 0 Å². The lowest BCUT2D eigenvalue weighted by atomic mass is 9.64. The summed E-state index contributed by atoms with van der Waals surface area (Å²) < 4.78 is 17.2. The van der Waals surface area contributed by atoms with Crippen LogP contribution in [0.15, 0.2) is 29.8 Å². The molecule has 2 heterocycles. The Morgan fingerprint density at radius 3 is 2.76 bits per heavy atom. The van der Waals surface area contributed by atoms with Crippen LogP contribution in [-0.4, -0.2) is 13.4 Å².